The zero-order valence-electron chi connectivity index (χ0n) is 19.7. The number of aryl methyl sites for hydroxylation is 1. The van der Waals surface area contributed by atoms with Crippen molar-refractivity contribution < 1.29 is 22.4 Å². The Balaban J connectivity index is 2.36. The summed E-state index contributed by atoms with van der Waals surface area (Å²) in [5.74, 6) is -1.38. The van der Waals surface area contributed by atoms with Crippen LogP contribution in [0.4, 0.5) is 10.1 Å². The second kappa shape index (κ2) is 11.3. The molecule has 2 amide bonds. The van der Waals surface area contributed by atoms with E-state index in [-0.39, 0.29) is 24.2 Å². The van der Waals surface area contributed by atoms with Crippen molar-refractivity contribution in [1.82, 2.24) is 10.2 Å². The highest BCUT2D eigenvalue weighted by molar-refractivity contribution is 7.92. The predicted octanol–water partition coefficient (Wildman–Crippen LogP) is 3.23. The number of rotatable bonds is 10. The van der Waals surface area contributed by atoms with Crippen LogP contribution in [0, 0.1) is 12.7 Å². The number of benzene rings is 2. The molecule has 180 valence electrons. The molecule has 2 aromatic rings. The Morgan fingerprint density at radius 1 is 1.03 bits per heavy atom. The van der Waals surface area contributed by atoms with Crippen LogP contribution >= 0.6 is 0 Å². The van der Waals surface area contributed by atoms with Gasteiger partial charge in [-0.25, -0.2) is 12.8 Å². The number of nitrogens with one attached hydrogen (secondary N) is 1. The molecule has 0 radical (unpaired) electrons. The third kappa shape index (κ3) is 7.56. The highest BCUT2D eigenvalue weighted by Gasteiger charge is 2.30. The normalized spacial score (nSPS) is 13.2. The molecule has 0 aliphatic carbocycles. The van der Waals surface area contributed by atoms with Crippen molar-refractivity contribution in [1.29, 1.82) is 0 Å². The molecule has 0 aromatic heterocycles. The Morgan fingerprint density at radius 3 is 2.12 bits per heavy atom. The Kier molecular flexibility index (Phi) is 8.99. The van der Waals surface area contributed by atoms with E-state index >= 15 is 0 Å². The van der Waals surface area contributed by atoms with Gasteiger partial charge in [0, 0.05) is 12.6 Å². The summed E-state index contributed by atoms with van der Waals surface area (Å²) in [5, 5.41) is 2.87. The second-order valence-electron chi connectivity index (χ2n) is 8.25. The number of carbonyl (C=O) groups is 2. The number of nitrogens with zero attached hydrogens (tertiary/aromatic N) is 2. The monoisotopic (exact) mass is 477 g/mol. The van der Waals surface area contributed by atoms with E-state index in [1.807, 2.05) is 45.0 Å². The minimum atomic E-state index is -3.84. The number of sulfonamides is 1. The first-order valence-corrected chi connectivity index (χ1v) is 12.7. The van der Waals surface area contributed by atoms with Gasteiger partial charge < -0.3 is 10.2 Å². The van der Waals surface area contributed by atoms with Crippen molar-refractivity contribution in [2.45, 2.75) is 52.7 Å². The topological polar surface area (TPSA) is 86.8 Å². The smallest absolute Gasteiger partial charge is 0.244 e. The molecule has 7 nitrogen and oxygen atoms in total. The van der Waals surface area contributed by atoms with E-state index in [1.54, 1.807) is 6.92 Å². The van der Waals surface area contributed by atoms with E-state index in [9.17, 15) is 22.4 Å². The van der Waals surface area contributed by atoms with Crippen LogP contribution in [0.2, 0.25) is 0 Å². The first-order chi connectivity index (χ1) is 15.4. The lowest BCUT2D eigenvalue weighted by molar-refractivity contribution is -0.139. The maximum atomic E-state index is 13.4. The van der Waals surface area contributed by atoms with Gasteiger partial charge in [-0.2, -0.15) is 0 Å². The summed E-state index contributed by atoms with van der Waals surface area (Å²) < 4.78 is 39.1. The molecular formula is C24H32FN3O4S. The van der Waals surface area contributed by atoms with Gasteiger partial charge in [0.1, 0.15) is 18.4 Å². The van der Waals surface area contributed by atoms with Gasteiger partial charge in [-0.15, -0.1) is 0 Å². The second-order valence-corrected chi connectivity index (χ2v) is 10.2. The zero-order valence-corrected chi connectivity index (χ0v) is 20.5. The molecule has 1 N–H and O–H groups in total. The summed E-state index contributed by atoms with van der Waals surface area (Å²) in [5.41, 5.74) is 2.03. The standard InChI is InChI=1S/C24H32FN3O4S/c1-6-18(3)26-24(30)19(4)27(15-20-9-7-17(2)8-10-20)23(29)16-28(33(5,31)32)22-13-11-21(25)12-14-22/h7-14,18-19H,6,15-16H2,1-5H3,(H,26,30). The van der Waals surface area contributed by atoms with Crippen LogP contribution in [0.1, 0.15) is 38.3 Å². The number of amides is 2. The molecule has 0 bridgehead atoms. The van der Waals surface area contributed by atoms with Crippen molar-refractivity contribution in [3.05, 3.63) is 65.5 Å². The van der Waals surface area contributed by atoms with E-state index < -0.39 is 34.3 Å². The van der Waals surface area contributed by atoms with Crippen LogP contribution in [0.5, 0.6) is 0 Å². The van der Waals surface area contributed by atoms with E-state index in [0.717, 1.165) is 40.2 Å². The van der Waals surface area contributed by atoms with Crippen LogP contribution in [-0.4, -0.2) is 50.0 Å². The fraction of sp³-hybridized carbons (Fsp3) is 0.417. The number of halogens is 1. The van der Waals surface area contributed by atoms with Crippen LogP contribution in [0.3, 0.4) is 0 Å². The Labute approximate surface area is 195 Å². The summed E-state index contributed by atoms with van der Waals surface area (Å²) in [6, 6.07) is 11.5. The lowest BCUT2D eigenvalue weighted by atomic mass is 10.1. The third-order valence-electron chi connectivity index (χ3n) is 5.44. The number of hydrogen-bond acceptors (Lipinski definition) is 4. The Morgan fingerprint density at radius 2 is 1.61 bits per heavy atom. The molecule has 0 aliphatic rings. The van der Waals surface area contributed by atoms with Gasteiger partial charge in [0.05, 0.1) is 11.9 Å². The van der Waals surface area contributed by atoms with Crippen molar-refractivity contribution in [2.24, 2.45) is 0 Å². The van der Waals surface area contributed by atoms with Crippen molar-refractivity contribution in [3.8, 4) is 0 Å². The number of carbonyl (C=O) groups excluding carboxylic acids is 2. The molecule has 0 fully saturated rings. The van der Waals surface area contributed by atoms with E-state index in [2.05, 4.69) is 5.32 Å². The lowest BCUT2D eigenvalue weighted by Crippen LogP contribution is -2.52. The predicted molar refractivity (Wildman–Crippen MR) is 128 cm³/mol. The average Bonchev–Trinajstić information content (AvgIpc) is 2.76. The molecule has 9 heteroatoms. The lowest BCUT2D eigenvalue weighted by Gasteiger charge is -2.32. The zero-order chi connectivity index (χ0) is 24.8. The summed E-state index contributed by atoms with van der Waals surface area (Å²) in [7, 11) is -3.84. The summed E-state index contributed by atoms with van der Waals surface area (Å²) in [6.07, 6.45) is 1.71. The largest absolute Gasteiger partial charge is 0.352 e. The minimum Gasteiger partial charge on any atom is -0.352 e. The quantitative estimate of drug-likeness (QED) is 0.569. The summed E-state index contributed by atoms with van der Waals surface area (Å²) in [4.78, 5) is 27.6. The van der Waals surface area contributed by atoms with Gasteiger partial charge in [0.2, 0.25) is 21.8 Å². The molecule has 2 rings (SSSR count). The van der Waals surface area contributed by atoms with Crippen molar-refractivity contribution >= 4 is 27.5 Å². The molecule has 2 aromatic carbocycles. The van der Waals surface area contributed by atoms with Crippen LogP contribution in [0.15, 0.2) is 48.5 Å². The van der Waals surface area contributed by atoms with E-state index in [1.165, 1.54) is 17.0 Å². The fourth-order valence-electron chi connectivity index (χ4n) is 3.16. The number of anilines is 1. The molecule has 33 heavy (non-hydrogen) atoms. The maximum Gasteiger partial charge on any atom is 0.244 e. The molecule has 0 aliphatic heterocycles. The van der Waals surface area contributed by atoms with Gasteiger partial charge >= 0.3 is 0 Å². The third-order valence-corrected chi connectivity index (χ3v) is 6.58. The minimum absolute atomic E-state index is 0.0667. The first-order valence-electron chi connectivity index (χ1n) is 10.8. The van der Waals surface area contributed by atoms with Crippen LogP contribution in [-0.2, 0) is 26.2 Å². The van der Waals surface area contributed by atoms with E-state index in [4.69, 9.17) is 0 Å². The molecule has 0 saturated carbocycles. The fourth-order valence-corrected chi connectivity index (χ4v) is 4.01. The highest BCUT2D eigenvalue weighted by Crippen LogP contribution is 2.19. The van der Waals surface area contributed by atoms with Gasteiger partial charge in [0.25, 0.3) is 0 Å². The molecule has 0 spiro atoms. The summed E-state index contributed by atoms with van der Waals surface area (Å²) >= 11 is 0. The Bertz CT molecular complexity index is 1060. The van der Waals surface area contributed by atoms with Gasteiger partial charge in [0.15, 0.2) is 0 Å². The van der Waals surface area contributed by atoms with Gasteiger partial charge in [-0.05, 0) is 57.0 Å². The molecular weight excluding hydrogens is 445 g/mol. The highest BCUT2D eigenvalue weighted by atomic mass is 32.2. The van der Waals surface area contributed by atoms with Crippen molar-refractivity contribution in [2.75, 3.05) is 17.1 Å². The molecule has 0 heterocycles. The van der Waals surface area contributed by atoms with E-state index in [0.29, 0.717) is 0 Å². The SMILES string of the molecule is CCC(C)NC(=O)C(C)N(Cc1ccc(C)cc1)C(=O)CN(c1ccc(F)cc1)S(C)(=O)=O. The van der Waals surface area contributed by atoms with Crippen molar-refractivity contribution in [3.63, 3.8) is 0 Å². The Hall–Kier alpha value is -2.94. The van der Waals surface area contributed by atoms with Gasteiger partial charge in [-0.1, -0.05) is 36.8 Å². The molecule has 2 unspecified atom stereocenters. The maximum absolute atomic E-state index is 13.4. The molecule has 0 saturated heterocycles. The average molecular weight is 478 g/mol. The van der Waals surface area contributed by atoms with Crippen LogP contribution in [0.25, 0.3) is 0 Å². The van der Waals surface area contributed by atoms with Gasteiger partial charge in [-0.3, -0.25) is 13.9 Å². The number of hydrogen-bond donors (Lipinski definition) is 1. The summed E-state index contributed by atoms with van der Waals surface area (Å²) in [6.45, 7) is 6.99. The first kappa shape index (κ1) is 26.3. The van der Waals surface area contributed by atoms with Crippen LogP contribution < -0.4 is 9.62 Å². The molecule has 2 atom stereocenters.